The van der Waals surface area contributed by atoms with Crippen LogP contribution in [0.4, 0.5) is 0 Å². The first-order valence-corrected chi connectivity index (χ1v) is 7.30. The molecule has 0 radical (unpaired) electrons. The van der Waals surface area contributed by atoms with Crippen molar-refractivity contribution in [3.05, 3.63) is 54.3 Å². The Morgan fingerprint density at radius 1 is 1.28 bits per heavy atom. The summed E-state index contributed by atoms with van der Waals surface area (Å²) in [6.07, 6.45) is 3.49. The van der Waals surface area contributed by atoms with Crippen LogP contribution in [0.25, 0.3) is 0 Å². The molecule has 0 aromatic heterocycles. The number of rotatable bonds is 2. The van der Waals surface area contributed by atoms with Gasteiger partial charge >= 0.3 is 0 Å². The molecule has 0 saturated heterocycles. The van der Waals surface area contributed by atoms with Crippen LogP contribution in [0.3, 0.4) is 0 Å². The second-order valence-corrected chi connectivity index (χ2v) is 6.54. The number of benzene rings is 1. The van der Waals surface area contributed by atoms with Gasteiger partial charge in [-0.05, 0) is 25.0 Å². The molecule has 0 aliphatic carbocycles. The van der Waals surface area contributed by atoms with Gasteiger partial charge in [-0.15, -0.1) is 0 Å². The van der Waals surface area contributed by atoms with Gasteiger partial charge in [-0.25, -0.2) is 8.42 Å². The zero-order valence-electron chi connectivity index (χ0n) is 10.6. The van der Waals surface area contributed by atoms with E-state index in [1.165, 1.54) is 4.31 Å². The standard InChI is InChI=1S/C14H17NO2S/c1-11-4-6-14(7-5-11)18(16,17)15-9-8-12(2)13(3)10-15/h4-9,12H,3,10H2,1-2H3. The molecule has 96 valence electrons. The Balaban J connectivity index is 2.35. The summed E-state index contributed by atoms with van der Waals surface area (Å²) >= 11 is 0. The molecule has 3 nitrogen and oxygen atoms in total. The fourth-order valence-electron chi connectivity index (χ4n) is 1.77. The van der Waals surface area contributed by atoms with Gasteiger partial charge in [-0.2, -0.15) is 0 Å². The van der Waals surface area contributed by atoms with Gasteiger partial charge in [0.2, 0.25) is 0 Å². The molecule has 1 aliphatic rings. The number of aryl methyl sites for hydroxylation is 1. The molecular formula is C14H17NO2S. The molecule has 1 unspecified atom stereocenters. The third-order valence-electron chi connectivity index (χ3n) is 3.17. The zero-order valence-corrected chi connectivity index (χ0v) is 11.4. The van der Waals surface area contributed by atoms with Crippen LogP contribution in [0, 0.1) is 12.8 Å². The summed E-state index contributed by atoms with van der Waals surface area (Å²) in [6.45, 7) is 8.20. The molecule has 1 aromatic rings. The monoisotopic (exact) mass is 263 g/mol. The van der Waals surface area contributed by atoms with Crippen molar-refractivity contribution in [2.24, 2.45) is 5.92 Å². The van der Waals surface area contributed by atoms with Crippen LogP contribution in [0.1, 0.15) is 12.5 Å². The summed E-state index contributed by atoms with van der Waals surface area (Å²) < 4.78 is 26.1. The average molecular weight is 263 g/mol. The number of sulfonamides is 1. The van der Waals surface area contributed by atoms with Gasteiger partial charge in [0.1, 0.15) is 0 Å². The highest BCUT2D eigenvalue weighted by atomic mass is 32.2. The summed E-state index contributed by atoms with van der Waals surface area (Å²) in [7, 11) is -3.45. The van der Waals surface area contributed by atoms with Crippen LogP contribution in [-0.4, -0.2) is 19.3 Å². The fourth-order valence-corrected chi connectivity index (χ4v) is 3.09. The van der Waals surface area contributed by atoms with E-state index in [0.29, 0.717) is 11.4 Å². The lowest BCUT2D eigenvalue weighted by Crippen LogP contribution is -2.31. The van der Waals surface area contributed by atoms with Crippen LogP contribution in [0.2, 0.25) is 0 Å². The van der Waals surface area contributed by atoms with Crippen molar-refractivity contribution in [3.63, 3.8) is 0 Å². The van der Waals surface area contributed by atoms with Crippen molar-refractivity contribution in [3.8, 4) is 0 Å². The highest BCUT2D eigenvalue weighted by molar-refractivity contribution is 7.89. The second kappa shape index (κ2) is 4.61. The van der Waals surface area contributed by atoms with Crippen LogP contribution >= 0.6 is 0 Å². The topological polar surface area (TPSA) is 37.4 Å². The molecule has 1 aliphatic heterocycles. The van der Waals surface area contributed by atoms with Gasteiger partial charge in [0.05, 0.1) is 11.4 Å². The lowest BCUT2D eigenvalue weighted by atomic mass is 10.0. The Labute approximate surface area is 108 Å². The molecule has 0 fully saturated rings. The smallest absolute Gasteiger partial charge is 0.264 e. The first-order valence-electron chi connectivity index (χ1n) is 5.86. The average Bonchev–Trinajstić information content (AvgIpc) is 2.33. The van der Waals surface area contributed by atoms with E-state index in [-0.39, 0.29) is 5.92 Å². The highest BCUT2D eigenvalue weighted by Gasteiger charge is 2.25. The Kier molecular flexibility index (Phi) is 3.30. The molecule has 0 saturated carbocycles. The van der Waals surface area contributed by atoms with Crippen molar-refractivity contribution in [1.29, 1.82) is 0 Å². The largest absolute Gasteiger partial charge is 0.270 e. The van der Waals surface area contributed by atoms with Gasteiger partial charge in [-0.3, -0.25) is 4.31 Å². The van der Waals surface area contributed by atoms with Gasteiger partial charge < -0.3 is 0 Å². The van der Waals surface area contributed by atoms with Crippen molar-refractivity contribution < 1.29 is 8.42 Å². The van der Waals surface area contributed by atoms with E-state index in [2.05, 4.69) is 6.58 Å². The number of hydrogen-bond donors (Lipinski definition) is 0. The molecule has 0 amide bonds. The second-order valence-electron chi connectivity index (χ2n) is 4.65. The molecule has 1 atom stereocenters. The molecule has 18 heavy (non-hydrogen) atoms. The van der Waals surface area contributed by atoms with Crippen molar-refractivity contribution in [1.82, 2.24) is 4.31 Å². The lowest BCUT2D eigenvalue weighted by Gasteiger charge is -2.27. The number of allylic oxidation sites excluding steroid dienone is 1. The number of nitrogens with zero attached hydrogens (tertiary/aromatic N) is 1. The molecule has 0 bridgehead atoms. The van der Waals surface area contributed by atoms with Gasteiger partial charge in [0, 0.05) is 6.20 Å². The van der Waals surface area contributed by atoms with Crippen molar-refractivity contribution >= 4 is 10.0 Å². The van der Waals surface area contributed by atoms with Gasteiger partial charge in [0.25, 0.3) is 10.0 Å². The zero-order chi connectivity index (χ0) is 13.3. The van der Waals surface area contributed by atoms with Gasteiger partial charge in [-0.1, -0.05) is 42.8 Å². The molecule has 1 aromatic carbocycles. The Morgan fingerprint density at radius 2 is 1.89 bits per heavy atom. The summed E-state index contributed by atoms with van der Waals surface area (Å²) in [5, 5.41) is 0. The summed E-state index contributed by atoms with van der Waals surface area (Å²) in [4.78, 5) is 0.320. The first kappa shape index (κ1) is 12.9. The maximum absolute atomic E-state index is 12.4. The maximum atomic E-state index is 12.4. The Bertz CT molecular complexity index is 585. The number of hydrogen-bond acceptors (Lipinski definition) is 2. The molecule has 1 heterocycles. The van der Waals surface area contributed by atoms with E-state index < -0.39 is 10.0 Å². The predicted molar refractivity (Wildman–Crippen MR) is 72.5 cm³/mol. The third-order valence-corrected chi connectivity index (χ3v) is 4.91. The minimum Gasteiger partial charge on any atom is -0.270 e. The molecule has 0 N–H and O–H groups in total. The van der Waals surface area contributed by atoms with E-state index in [9.17, 15) is 8.42 Å². The molecule has 2 rings (SSSR count). The van der Waals surface area contributed by atoms with E-state index in [4.69, 9.17) is 0 Å². The molecular weight excluding hydrogens is 246 g/mol. The summed E-state index contributed by atoms with van der Waals surface area (Å²) in [6, 6.07) is 6.88. The van der Waals surface area contributed by atoms with Crippen LogP contribution in [0.5, 0.6) is 0 Å². The van der Waals surface area contributed by atoms with Crippen molar-refractivity contribution in [2.45, 2.75) is 18.7 Å². The maximum Gasteiger partial charge on any atom is 0.264 e. The Morgan fingerprint density at radius 3 is 2.44 bits per heavy atom. The van der Waals surface area contributed by atoms with E-state index in [1.807, 2.05) is 19.9 Å². The van der Waals surface area contributed by atoms with E-state index >= 15 is 0 Å². The van der Waals surface area contributed by atoms with Gasteiger partial charge in [0.15, 0.2) is 0 Å². The van der Waals surface area contributed by atoms with Crippen LogP contribution in [0.15, 0.2) is 53.6 Å². The first-order chi connectivity index (χ1) is 8.41. The lowest BCUT2D eigenvalue weighted by molar-refractivity contribution is 0.496. The third kappa shape index (κ3) is 2.34. The highest BCUT2D eigenvalue weighted by Crippen LogP contribution is 2.24. The summed E-state index contributed by atoms with van der Waals surface area (Å²) in [5.41, 5.74) is 1.95. The minimum atomic E-state index is -3.45. The minimum absolute atomic E-state index is 0.231. The van der Waals surface area contributed by atoms with E-state index in [1.54, 1.807) is 30.5 Å². The summed E-state index contributed by atoms with van der Waals surface area (Å²) in [5.74, 6) is 0.231. The quantitative estimate of drug-likeness (QED) is 0.769. The Hall–Kier alpha value is -1.55. The molecule has 0 spiro atoms. The van der Waals surface area contributed by atoms with Crippen LogP contribution < -0.4 is 0 Å². The predicted octanol–water partition coefficient (Wildman–Crippen LogP) is 2.71. The normalized spacial score (nSPS) is 20.2. The molecule has 4 heteroatoms. The van der Waals surface area contributed by atoms with Crippen LogP contribution in [-0.2, 0) is 10.0 Å². The van der Waals surface area contributed by atoms with Crippen molar-refractivity contribution in [2.75, 3.05) is 6.54 Å². The fraction of sp³-hybridized carbons (Fsp3) is 0.286. The SMILES string of the molecule is C=C1CN(S(=O)(=O)c2ccc(C)cc2)C=CC1C. The van der Waals surface area contributed by atoms with E-state index in [0.717, 1.165) is 11.1 Å².